The van der Waals surface area contributed by atoms with Gasteiger partial charge in [-0.05, 0) is 57.2 Å². The van der Waals surface area contributed by atoms with Crippen LogP contribution in [0.4, 0.5) is 0 Å². The lowest BCUT2D eigenvalue weighted by Crippen LogP contribution is -2.59. The quantitative estimate of drug-likeness (QED) is 0.879. The number of piperidine rings is 1. The fraction of sp³-hybridized carbons (Fsp3) is 0.625. The first-order valence-electron chi connectivity index (χ1n) is 7.70. The third-order valence-electron chi connectivity index (χ3n) is 4.64. The molecule has 1 aliphatic heterocycles. The Hall–Kier alpha value is -1.42. The number of hydrogen-bond donors (Lipinski definition) is 2. The number of carbonyl (C=O) groups is 1. The second-order valence-corrected chi connectivity index (χ2v) is 6.14. The van der Waals surface area contributed by atoms with Gasteiger partial charge in [0.05, 0.1) is 0 Å². The van der Waals surface area contributed by atoms with E-state index in [0.29, 0.717) is 18.0 Å². The number of nitrogens with one attached hydrogen (secondary N) is 2. The van der Waals surface area contributed by atoms with Gasteiger partial charge in [0.25, 0.3) is 0 Å². The largest absolute Gasteiger partial charge is 0.353 e. The number of carbonyl (C=O) groups excluding carboxylic acids is 1. The molecule has 1 atom stereocenters. The highest BCUT2D eigenvalue weighted by molar-refractivity contribution is 5.76. The highest BCUT2D eigenvalue weighted by atomic mass is 16.1. The predicted octanol–water partition coefficient (Wildman–Crippen LogP) is 1.81. The van der Waals surface area contributed by atoms with E-state index < -0.39 is 0 Å². The zero-order chi connectivity index (χ0) is 13.8. The van der Waals surface area contributed by atoms with E-state index in [1.807, 2.05) is 18.2 Å². The van der Waals surface area contributed by atoms with Crippen molar-refractivity contribution in [2.45, 2.75) is 56.5 Å². The maximum atomic E-state index is 12.0. The molecule has 1 aliphatic carbocycles. The van der Waals surface area contributed by atoms with E-state index in [-0.39, 0.29) is 5.91 Å². The van der Waals surface area contributed by atoms with Crippen molar-refractivity contribution in [1.29, 1.82) is 0 Å². The van der Waals surface area contributed by atoms with Crippen LogP contribution in [0.25, 0.3) is 0 Å². The molecule has 3 rings (SSSR count). The molecule has 1 aromatic heterocycles. The number of rotatable bonds is 4. The highest BCUT2D eigenvalue weighted by Gasteiger charge is 2.41. The van der Waals surface area contributed by atoms with Gasteiger partial charge in [-0.15, -0.1) is 0 Å². The van der Waals surface area contributed by atoms with E-state index in [0.717, 1.165) is 31.5 Å². The molecule has 1 aromatic rings. The Kier molecular flexibility index (Phi) is 4.01. The average Bonchev–Trinajstić information content (AvgIpc) is 2.45. The Morgan fingerprint density at radius 2 is 2.35 bits per heavy atom. The van der Waals surface area contributed by atoms with Gasteiger partial charge < -0.3 is 10.6 Å². The third-order valence-corrected chi connectivity index (χ3v) is 4.64. The van der Waals surface area contributed by atoms with E-state index in [2.05, 4.69) is 15.6 Å². The van der Waals surface area contributed by atoms with Crippen molar-refractivity contribution in [3.63, 3.8) is 0 Å². The Balaban J connectivity index is 1.44. The summed E-state index contributed by atoms with van der Waals surface area (Å²) in [5.74, 6) is 0.164. The van der Waals surface area contributed by atoms with Crippen LogP contribution in [-0.2, 0) is 11.2 Å². The van der Waals surface area contributed by atoms with Gasteiger partial charge in [-0.1, -0.05) is 6.07 Å². The van der Waals surface area contributed by atoms with Gasteiger partial charge in [0.2, 0.25) is 5.91 Å². The average molecular weight is 273 g/mol. The SMILES string of the molecule is O=C(CCc1ccccn1)NC1CCNC2(CCC2)C1. The first-order chi connectivity index (χ1) is 9.76. The van der Waals surface area contributed by atoms with Crippen LogP contribution in [0.3, 0.4) is 0 Å². The predicted molar refractivity (Wildman–Crippen MR) is 78.3 cm³/mol. The van der Waals surface area contributed by atoms with Crippen molar-refractivity contribution in [3.8, 4) is 0 Å². The Morgan fingerprint density at radius 1 is 1.45 bits per heavy atom. The maximum Gasteiger partial charge on any atom is 0.220 e. The molecule has 1 saturated carbocycles. The summed E-state index contributed by atoms with van der Waals surface area (Å²) in [5.41, 5.74) is 1.33. The van der Waals surface area contributed by atoms with Gasteiger partial charge in [-0.25, -0.2) is 0 Å². The topological polar surface area (TPSA) is 54.0 Å². The Bertz CT molecular complexity index is 456. The van der Waals surface area contributed by atoms with Crippen molar-refractivity contribution >= 4 is 5.91 Å². The van der Waals surface area contributed by atoms with E-state index >= 15 is 0 Å². The molecule has 2 N–H and O–H groups in total. The first kappa shape index (κ1) is 13.6. The van der Waals surface area contributed by atoms with Gasteiger partial charge in [0, 0.05) is 29.9 Å². The van der Waals surface area contributed by atoms with Gasteiger partial charge in [0.15, 0.2) is 0 Å². The van der Waals surface area contributed by atoms with Crippen molar-refractivity contribution in [3.05, 3.63) is 30.1 Å². The second kappa shape index (κ2) is 5.92. The molecule has 2 aliphatic rings. The van der Waals surface area contributed by atoms with E-state index in [1.54, 1.807) is 6.20 Å². The number of hydrogen-bond acceptors (Lipinski definition) is 3. The van der Waals surface area contributed by atoms with Crippen molar-refractivity contribution in [1.82, 2.24) is 15.6 Å². The molecule has 1 spiro atoms. The molecule has 4 heteroatoms. The molecule has 1 unspecified atom stereocenters. The molecule has 4 nitrogen and oxygen atoms in total. The van der Waals surface area contributed by atoms with Crippen LogP contribution < -0.4 is 10.6 Å². The monoisotopic (exact) mass is 273 g/mol. The molecular formula is C16H23N3O. The van der Waals surface area contributed by atoms with Crippen LogP contribution >= 0.6 is 0 Å². The minimum absolute atomic E-state index is 0.164. The third kappa shape index (κ3) is 3.18. The molecule has 108 valence electrons. The van der Waals surface area contributed by atoms with Crippen LogP contribution in [0.1, 0.15) is 44.2 Å². The van der Waals surface area contributed by atoms with Gasteiger partial charge in [0.1, 0.15) is 0 Å². The van der Waals surface area contributed by atoms with Gasteiger partial charge >= 0.3 is 0 Å². The minimum Gasteiger partial charge on any atom is -0.353 e. The van der Waals surface area contributed by atoms with Gasteiger partial charge in [-0.3, -0.25) is 9.78 Å². The number of pyridine rings is 1. The van der Waals surface area contributed by atoms with E-state index in [1.165, 1.54) is 19.3 Å². The molecule has 0 aromatic carbocycles. The number of aryl methyl sites for hydroxylation is 1. The Labute approximate surface area is 120 Å². The number of nitrogens with zero attached hydrogens (tertiary/aromatic N) is 1. The molecule has 2 fully saturated rings. The lowest BCUT2D eigenvalue weighted by atomic mass is 9.70. The zero-order valence-electron chi connectivity index (χ0n) is 11.9. The summed E-state index contributed by atoms with van der Waals surface area (Å²) in [7, 11) is 0. The summed E-state index contributed by atoms with van der Waals surface area (Å²) in [6.07, 6.45) is 9.06. The summed E-state index contributed by atoms with van der Waals surface area (Å²) in [6, 6.07) is 6.19. The lowest BCUT2D eigenvalue weighted by Gasteiger charge is -2.48. The molecule has 0 bridgehead atoms. The lowest BCUT2D eigenvalue weighted by molar-refractivity contribution is -0.122. The van der Waals surface area contributed by atoms with E-state index in [4.69, 9.17) is 0 Å². The number of aromatic nitrogens is 1. The molecule has 0 radical (unpaired) electrons. The van der Waals surface area contributed by atoms with Crippen LogP contribution in [-0.4, -0.2) is 29.0 Å². The van der Waals surface area contributed by atoms with Crippen LogP contribution in [0.2, 0.25) is 0 Å². The molecule has 1 saturated heterocycles. The summed E-state index contributed by atoms with van der Waals surface area (Å²) in [4.78, 5) is 16.3. The summed E-state index contributed by atoms with van der Waals surface area (Å²) in [6.45, 7) is 1.03. The van der Waals surface area contributed by atoms with Crippen LogP contribution in [0, 0.1) is 0 Å². The molecular weight excluding hydrogens is 250 g/mol. The molecule has 2 heterocycles. The van der Waals surface area contributed by atoms with Crippen molar-refractivity contribution in [2.24, 2.45) is 0 Å². The van der Waals surface area contributed by atoms with Crippen molar-refractivity contribution < 1.29 is 4.79 Å². The van der Waals surface area contributed by atoms with Gasteiger partial charge in [-0.2, -0.15) is 0 Å². The standard InChI is InChI=1S/C16H23N3O/c20-15(6-5-13-4-1-2-10-17-13)19-14-7-11-18-16(12-14)8-3-9-16/h1-2,4,10,14,18H,3,5-9,11-12H2,(H,19,20). The Morgan fingerprint density at radius 3 is 3.05 bits per heavy atom. The molecule has 20 heavy (non-hydrogen) atoms. The fourth-order valence-corrected chi connectivity index (χ4v) is 3.35. The zero-order valence-corrected chi connectivity index (χ0v) is 11.9. The summed E-state index contributed by atoms with van der Waals surface area (Å²) < 4.78 is 0. The maximum absolute atomic E-state index is 12.0. The van der Waals surface area contributed by atoms with Crippen LogP contribution in [0.5, 0.6) is 0 Å². The smallest absolute Gasteiger partial charge is 0.220 e. The summed E-state index contributed by atoms with van der Waals surface area (Å²) >= 11 is 0. The van der Waals surface area contributed by atoms with Crippen molar-refractivity contribution in [2.75, 3.05) is 6.54 Å². The minimum atomic E-state index is 0.164. The second-order valence-electron chi connectivity index (χ2n) is 6.14. The van der Waals surface area contributed by atoms with E-state index in [9.17, 15) is 4.79 Å². The molecule has 1 amide bonds. The number of amides is 1. The fourth-order valence-electron chi connectivity index (χ4n) is 3.35. The normalized spacial score (nSPS) is 24.1. The van der Waals surface area contributed by atoms with Crippen LogP contribution in [0.15, 0.2) is 24.4 Å². The summed E-state index contributed by atoms with van der Waals surface area (Å²) in [5, 5.41) is 6.84. The highest BCUT2D eigenvalue weighted by Crippen LogP contribution is 2.38. The first-order valence-corrected chi connectivity index (χ1v) is 7.70.